The molecule has 0 fully saturated rings. The van der Waals surface area contributed by atoms with Crippen molar-refractivity contribution in [2.45, 2.75) is 57.2 Å². The van der Waals surface area contributed by atoms with Crippen molar-refractivity contribution in [1.29, 1.82) is 0 Å². The largest absolute Gasteiger partial charge is 0.463 e. The molecular weight excluding hydrogens is 297 g/mol. The van der Waals surface area contributed by atoms with Crippen molar-refractivity contribution < 1.29 is 13.0 Å². The molecule has 1 N–H and O–H groups in total. The Morgan fingerprint density at radius 3 is 2.06 bits per heavy atom. The molecule has 0 rings (SSSR count). The predicted molar refractivity (Wildman–Crippen MR) is 89.4 cm³/mol. The van der Waals surface area contributed by atoms with Gasteiger partial charge in [-0.15, -0.1) is 0 Å². The summed E-state index contributed by atoms with van der Waals surface area (Å²) in [6.45, 7) is 15.3. The maximum absolute atomic E-state index is 9.93. The zero-order chi connectivity index (χ0) is 13.7. The summed E-state index contributed by atoms with van der Waals surface area (Å²) in [5.74, 6) is 0. The topological polar surface area (TPSA) is 38.7 Å². The third-order valence-electron chi connectivity index (χ3n) is 2.46. The number of hydrogen-bond donors (Lipinski definition) is 1. The average Bonchev–Trinajstić information content (AvgIpc) is 1.96. The van der Waals surface area contributed by atoms with Gasteiger partial charge in [-0.25, -0.2) is 0 Å². The van der Waals surface area contributed by atoms with Crippen LogP contribution in [0.5, 0.6) is 0 Å². The number of rotatable bonds is 8. The Bertz CT molecular complexity index is 217. The van der Waals surface area contributed by atoms with Gasteiger partial charge in [-0.05, 0) is 57.2 Å². The van der Waals surface area contributed by atoms with E-state index in [0.29, 0.717) is 0 Å². The Morgan fingerprint density at radius 2 is 1.65 bits per heavy atom. The minimum Gasteiger partial charge on any atom is -0.463 e. The van der Waals surface area contributed by atoms with Crippen molar-refractivity contribution in [2.24, 2.45) is 0 Å². The van der Waals surface area contributed by atoms with Crippen LogP contribution in [0.4, 0.5) is 0 Å². The van der Waals surface area contributed by atoms with E-state index in [1.165, 1.54) is 5.67 Å². The van der Waals surface area contributed by atoms with Gasteiger partial charge in [0, 0.05) is 0 Å². The van der Waals surface area contributed by atoms with Crippen LogP contribution in [0.3, 0.4) is 0 Å². The van der Waals surface area contributed by atoms with Crippen molar-refractivity contribution in [2.75, 3.05) is 0 Å². The molecule has 17 heavy (non-hydrogen) atoms. The van der Waals surface area contributed by atoms with Gasteiger partial charge in [0.05, 0.1) is 0 Å². The molecule has 0 bridgehead atoms. The van der Waals surface area contributed by atoms with Crippen LogP contribution < -0.4 is 0 Å². The van der Waals surface area contributed by atoms with Gasteiger partial charge in [0.1, 0.15) is 9.76 Å². The normalized spacial score (nSPS) is 16.1. The van der Waals surface area contributed by atoms with Crippen molar-refractivity contribution in [3.63, 3.8) is 0 Å². The van der Waals surface area contributed by atoms with Crippen LogP contribution in [0.25, 0.3) is 0 Å². The average molecular weight is 327 g/mol. The summed E-state index contributed by atoms with van der Waals surface area (Å²) in [7, 11) is -5.77. The first kappa shape index (κ1) is 18.0. The fourth-order valence-corrected chi connectivity index (χ4v) is 19.9. The summed E-state index contributed by atoms with van der Waals surface area (Å²) >= 11 is 0. The van der Waals surface area contributed by atoms with Gasteiger partial charge in [-0.3, -0.25) is 0 Å². The first-order valence-corrected chi connectivity index (χ1v) is 19.6. The summed E-state index contributed by atoms with van der Waals surface area (Å²) in [6, 6.07) is 0. The molecule has 0 heterocycles. The third-order valence-corrected chi connectivity index (χ3v) is 22.2. The summed E-state index contributed by atoms with van der Waals surface area (Å²) in [5.41, 5.74) is 2.20. The van der Waals surface area contributed by atoms with Crippen LogP contribution in [-0.2, 0) is 8.23 Å². The van der Waals surface area contributed by atoms with E-state index in [0.717, 1.165) is 5.67 Å². The Hall–Kier alpha value is 0.964. The maximum atomic E-state index is 9.93. The van der Waals surface area contributed by atoms with Crippen LogP contribution in [-0.4, -0.2) is 49.3 Å². The standard InChI is InChI=1S/C9H30O3Si5/c1-14(2)11-13-8-17(6,7)12-15(3)9-16(4,5)10/h10,14-15H,8-9,13H2,1-7H3. The lowest BCUT2D eigenvalue weighted by Crippen LogP contribution is -2.42. The van der Waals surface area contributed by atoms with Crippen molar-refractivity contribution in [1.82, 2.24) is 0 Å². The van der Waals surface area contributed by atoms with Gasteiger partial charge >= 0.3 is 0 Å². The Balaban J connectivity index is 3.98. The monoisotopic (exact) mass is 326 g/mol. The molecule has 0 amide bonds. The van der Waals surface area contributed by atoms with E-state index in [1.807, 2.05) is 13.1 Å². The molecule has 104 valence electrons. The zero-order valence-electron chi connectivity index (χ0n) is 12.5. The van der Waals surface area contributed by atoms with Gasteiger partial charge < -0.3 is 13.0 Å². The third kappa shape index (κ3) is 11.8. The minimum absolute atomic E-state index is 0.356. The van der Waals surface area contributed by atoms with E-state index in [9.17, 15) is 4.80 Å². The number of hydrogen-bond acceptors (Lipinski definition) is 3. The van der Waals surface area contributed by atoms with Gasteiger partial charge in [0.15, 0.2) is 34.7 Å². The summed E-state index contributed by atoms with van der Waals surface area (Å²) in [5, 5.41) is 0. The Labute approximate surface area is 115 Å². The lowest BCUT2D eigenvalue weighted by molar-refractivity contribution is 0.540. The van der Waals surface area contributed by atoms with E-state index in [-0.39, 0.29) is 9.76 Å². The second-order valence-corrected chi connectivity index (χ2v) is 23.6. The van der Waals surface area contributed by atoms with Gasteiger partial charge in [-0.2, -0.15) is 0 Å². The highest BCUT2D eigenvalue weighted by Crippen LogP contribution is 2.16. The molecule has 0 aromatic carbocycles. The molecule has 0 saturated heterocycles. The molecule has 8 heteroatoms. The predicted octanol–water partition coefficient (Wildman–Crippen LogP) is 1.34. The lowest BCUT2D eigenvalue weighted by atomic mass is 11.8. The van der Waals surface area contributed by atoms with Crippen molar-refractivity contribution in [3.8, 4) is 0 Å². The summed E-state index contributed by atoms with van der Waals surface area (Å²) < 4.78 is 12.2. The molecule has 0 aliphatic carbocycles. The van der Waals surface area contributed by atoms with Crippen LogP contribution in [0.2, 0.25) is 57.2 Å². The van der Waals surface area contributed by atoms with Crippen LogP contribution >= 0.6 is 0 Å². The summed E-state index contributed by atoms with van der Waals surface area (Å²) in [6.07, 6.45) is 0. The molecule has 0 radical (unpaired) electrons. The molecule has 0 aliphatic rings. The molecule has 0 aliphatic heterocycles. The van der Waals surface area contributed by atoms with Gasteiger partial charge in [-0.1, -0.05) is 0 Å². The molecule has 0 saturated carbocycles. The SMILES string of the molecule is C[SiH](C)O[SiH2]C[Si](C)(C)O[SiH](C)C[Si](C)(C)O. The first-order chi connectivity index (χ1) is 7.52. The molecule has 1 unspecified atom stereocenters. The van der Waals surface area contributed by atoms with Crippen molar-refractivity contribution in [3.05, 3.63) is 0 Å². The highest BCUT2D eigenvalue weighted by molar-refractivity contribution is 6.88. The second-order valence-electron chi connectivity index (χ2n) is 6.37. The highest BCUT2D eigenvalue weighted by Gasteiger charge is 2.29. The molecular formula is C9H30O3Si5. The quantitative estimate of drug-likeness (QED) is 0.684. The second kappa shape index (κ2) is 7.53. The molecule has 0 spiro atoms. The maximum Gasteiger partial charge on any atom is 0.181 e. The van der Waals surface area contributed by atoms with Crippen LogP contribution in [0.1, 0.15) is 0 Å². The van der Waals surface area contributed by atoms with E-state index in [1.54, 1.807) is 0 Å². The zero-order valence-corrected chi connectivity index (χ0v) is 18.3. The van der Waals surface area contributed by atoms with Gasteiger partial charge in [0.2, 0.25) is 0 Å². The Kier molecular flexibility index (Phi) is 7.96. The molecule has 3 nitrogen and oxygen atoms in total. The summed E-state index contributed by atoms with van der Waals surface area (Å²) in [4.78, 5) is 9.93. The molecule has 1 atom stereocenters. The first-order valence-electron chi connectivity index (χ1n) is 6.54. The van der Waals surface area contributed by atoms with E-state index in [4.69, 9.17) is 8.23 Å². The highest BCUT2D eigenvalue weighted by atomic mass is 28.4. The van der Waals surface area contributed by atoms with Gasteiger partial charge in [0.25, 0.3) is 0 Å². The van der Waals surface area contributed by atoms with E-state index in [2.05, 4.69) is 32.7 Å². The molecule has 0 aromatic heterocycles. The van der Waals surface area contributed by atoms with E-state index < -0.39 is 34.7 Å². The minimum atomic E-state index is -1.92. The van der Waals surface area contributed by atoms with Crippen LogP contribution in [0, 0.1) is 0 Å². The van der Waals surface area contributed by atoms with E-state index >= 15 is 0 Å². The lowest BCUT2D eigenvalue weighted by Gasteiger charge is -2.29. The van der Waals surface area contributed by atoms with Crippen molar-refractivity contribution >= 4 is 44.5 Å². The molecule has 0 aromatic rings. The fourth-order valence-electron chi connectivity index (χ4n) is 1.89. The fraction of sp³-hybridized carbons (Fsp3) is 1.00. The smallest absolute Gasteiger partial charge is 0.181 e. The Morgan fingerprint density at radius 1 is 1.12 bits per heavy atom. The van der Waals surface area contributed by atoms with Crippen LogP contribution in [0.15, 0.2) is 0 Å².